The number of benzene rings is 1. The van der Waals surface area contributed by atoms with E-state index in [1.165, 1.54) is 0 Å². The van der Waals surface area contributed by atoms with E-state index in [1.807, 2.05) is 25.1 Å². The molecule has 0 heterocycles. The molecule has 0 aromatic heterocycles. The molecule has 1 aromatic carbocycles. The van der Waals surface area contributed by atoms with Gasteiger partial charge in [-0.1, -0.05) is 22.0 Å². The van der Waals surface area contributed by atoms with Crippen molar-refractivity contribution < 1.29 is 0 Å². The van der Waals surface area contributed by atoms with E-state index < -0.39 is 0 Å². The lowest BCUT2D eigenvalue weighted by Crippen LogP contribution is -2.05. The number of hydrogen-bond donors (Lipinski definition) is 2. The topological polar surface area (TPSA) is 52.0 Å². The van der Waals surface area contributed by atoms with Gasteiger partial charge in [-0.3, -0.25) is 0 Å². The summed E-state index contributed by atoms with van der Waals surface area (Å²) in [5.41, 5.74) is 13.1. The van der Waals surface area contributed by atoms with Crippen molar-refractivity contribution in [3.8, 4) is 0 Å². The van der Waals surface area contributed by atoms with Crippen LogP contribution in [0.3, 0.4) is 0 Å². The van der Waals surface area contributed by atoms with Crippen LogP contribution in [0.25, 0.3) is 0 Å². The zero-order chi connectivity index (χ0) is 8.43. The van der Waals surface area contributed by atoms with Gasteiger partial charge in [0.15, 0.2) is 0 Å². The first-order valence-electron chi connectivity index (χ1n) is 3.42. The lowest BCUT2D eigenvalue weighted by atomic mass is 10.1. The van der Waals surface area contributed by atoms with Gasteiger partial charge in [0, 0.05) is 16.2 Å². The van der Waals surface area contributed by atoms with Gasteiger partial charge >= 0.3 is 0 Å². The van der Waals surface area contributed by atoms with Gasteiger partial charge in [-0.05, 0) is 24.6 Å². The monoisotopic (exact) mass is 214 g/mol. The smallest absolute Gasteiger partial charge is 0.0325 e. The summed E-state index contributed by atoms with van der Waals surface area (Å²) in [4.78, 5) is 0. The molecule has 0 fully saturated rings. The summed E-state index contributed by atoms with van der Waals surface area (Å²) in [6, 6.07) is 5.69. The second kappa shape index (κ2) is 3.24. The molecule has 0 spiro atoms. The normalized spacial score (nSPS) is 13.0. The Labute approximate surface area is 74.7 Å². The zero-order valence-electron chi connectivity index (χ0n) is 6.34. The molecule has 1 atom stereocenters. The zero-order valence-corrected chi connectivity index (χ0v) is 7.93. The Bertz CT molecular complexity index is 258. The van der Waals surface area contributed by atoms with Crippen LogP contribution in [0.2, 0.25) is 0 Å². The quantitative estimate of drug-likeness (QED) is 0.704. The summed E-state index contributed by atoms with van der Waals surface area (Å²) >= 11 is 3.39. The summed E-state index contributed by atoms with van der Waals surface area (Å²) in [6.45, 7) is 1.94. The minimum Gasteiger partial charge on any atom is -0.399 e. The third-order valence-corrected chi connectivity index (χ3v) is 2.20. The summed E-state index contributed by atoms with van der Waals surface area (Å²) in [5.74, 6) is 0. The van der Waals surface area contributed by atoms with Crippen molar-refractivity contribution in [3.05, 3.63) is 28.2 Å². The van der Waals surface area contributed by atoms with Gasteiger partial charge in [-0.2, -0.15) is 0 Å². The van der Waals surface area contributed by atoms with E-state index >= 15 is 0 Å². The molecular weight excluding hydrogens is 204 g/mol. The molecule has 0 aliphatic carbocycles. The van der Waals surface area contributed by atoms with Gasteiger partial charge < -0.3 is 11.5 Å². The van der Waals surface area contributed by atoms with E-state index in [1.54, 1.807) is 0 Å². The average molecular weight is 215 g/mol. The predicted octanol–water partition coefficient (Wildman–Crippen LogP) is 2.05. The maximum Gasteiger partial charge on any atom is 0.0325 e. The minimum absolute atomic E-state index is 0.0463. The maximum atomic E-state index is 5.69. The number of halogens is 1. The molecule has 2 nitrogen and oxygen atoms in total. The Morgan fingerprint density at radius 2 is 2.09 bits per heavy atom. The summed E-state index contributed by atoms with van der Waals surface area (Å²) in [7, 11) is 0. The third kappa shape index (κ3) is 1.94. The van der Waals surface area contributed by atoms with Crippen molar-refractivity contribution in [1.82, 2.24) is 0 Å². The molecule has 11 heavy (non-hydrogen) atoms. The van der Waals surface area contributed by atoms with Crippen LogP contribution in [0.4, 0.5) is 5.69 Å². The van der Waals surface area contributed by atoms with Gasteiger partial charge in [-0.15, -0.1) is 0 Å². The van der Waals surface area contributed by atoms with Crippen LogP contribution >= 0.6 is 15.9 Å². The number of nitrogen functional groups attached to an aromatic ring is 1. The molecule has 0 radical (unpaired) electrons. The average Bonchev–Trinajstić information content (AvgIpc) is 1.85. The lowest BCUT2D eigenvalue weighted by molar-refractivity contribution is 0.813. The Balaban J connectivity index is 3.09. The highest BCUT2D eigenvalue weighted by Crippen LogP contribution is 2.23. The van der Waals surface area contributed by atoms with Gasteiger partial charge in [0.2, 0.25) is 0 Å². The van der Waals surface area contributed by atoms with Crippen molar-refractivity contribution in [2.24, 2.45) is 5.73 Å². The predicted molar refractivity (Wildman–Crippen MR) is 51.2 cm³/mol. The van der Waals surface area contributed by atoms with Gasteiger partial charge in [0.1, 0.15) is 0 Å². The van der Waals surface area contributed by atoms with Crippen LogP contribution in [0.5, 0.6) is 0 Å². The second-order valence-corrected chi connectivity index (χ2v) is 3.42. The largest absolute Gasteiger partial charge is 0.399 e. The van der Waals surface area contributed by atoms with Crippen LogP contribution in [0.1, 0.15) is 18.5 Å². The van der Waals surface area contributed by atoms with Crippen molar-refractivity contribution in [3.63, 3.8) is 0 Å². The molecule has 60 valence electrons. The fourth-order valence-corrected chi connectivity index (χ4v) is 1.67. The molecule has 1 unspecified atom stereocenters. The summed E-state index contributed by atoms with van der Waals surface area (Å²) in [6.07, 6.45) is 0. The van der Waals surface area contributed by atoms with E-state index in [-0.39, 0.29) is 6.04 Å². The SMILES string of the molecule is CC(N)c1ccc(N)cc1Br. The number of nitrogens with two attached hydrogens (primary N) is 2. The van der Waals surface area contributed by atoms with Gasteiger partial charge in [0.25, 0.3) is 0 Å². The van der Waals surface area contributed by atoms with Crippen molar-refractivity contribution >= 4 is 21.6 Å². The van der Waals surface area contributed by atoms with Crippen LogP contribution < -0.4 is 11.5 Å². The molecule has 1 rings (SSSR count). The standard InChI is InChI=1S/C8H11BrN2/c1-5(10)7-3-2-6(11)4-8(7)9/h2-5H,10-11H2,1H3. The lowest BCUT2D eigenvalue weighted by Gasteiger charge is -2.08. The Morgan fingerprint density at radius 3 is 2.55 bits per heavy atom. The number of hydrogen-bond acceptors (Lipinski definition) is 2. The fraction of sp³-hybridized carbons (Fsp3) is 0.250. The van der Waals surface area contributed by atoms with E-state index in [2.05, 4.69) is 15.9 Å². The first kappa shape index (κ1) is 8.56. The molecule has 3 heteroatoms. The Hall–Kier alpha value is -0.540. The molecule has 0 aliphatic rings. The molecule has 4 N–H and O–H groups in total. The number of anilines is 1. The molecule has 0 aliphatic heterocycles. The summed E-state index contributed by atoms with van der Waals surface area (Å²) in [5, 5.41) is 0. The molecule has 0 amide bonds. The molecule has 1 aromatic rings. The highest BCUT2D eigenvalue weighted by atomic mass is 79.9. The van der Waals surface area contributed by atoms with Crippen LogP contribution in [0.15, 0.2) is 22.7 Å². The Kier molecular flexibility index (Phi) is 2.52. The number of rotatable bonds is 1. The molecular formula is C8H11BrN2. The van der Waals surface area contributed by atoms with Crippen LogP contribution in [-0.4, -0.2) is 0 Å². The highest BCUT2D eigenvalue weighted by Gasteiger charge is 2.03. The third-order valence-electron chi connectivity index (χ3n) is 1.52. The molecule has 0 saturated carbocycles. The molecule has 0 saturated heterocycles. The minimum atomic E-state index is 0.0463. The van der Waals surface area contributed by atoms with E-state index in [9.17, 15) is 0 Å². The highest BCUT2D eigenvalue weighted by molar-refractivity contribution is 9.10. The van der Waals surface area contributed by atoms with Crippen LogP contribution in [-0.2, 0) is 0 Å². The van der Waals surface area contributed by atoms with Crippen LogP contribution in [0, 0.1) is 0 Å². The van der Waals surface area contributed by atoms with Crippen molar-refractivity contribution in [2.75, 3.05) is 5.73 Å². The Morgan fingerprint density at radius 1 is 1.45 bits per heavy atom. The second-order valence-electron chi connectivity index (χ2n) is 2.57. The summed E-state index contributed by atoms with van der Waals surface area (Å²) < 4.78 is 0.979. The van der Waals surface area contributed by atoms with E-state index in [4.69, 9.17) is 11.5 Å². The van der Waals surface area contributed by atoms with E-state index in [0.29, 0.717) is 0 Å². The van der Waals surface area contributed by atoms with Gasteiger partial charge in [0.05, 0.1) is 0 Å². The van der Waals surface area contributed by atoms with Gasteiger partial charge in [-0.25, -0.2) is 0 Å². The maximum absolute atomic E-state index is 5.69. The van der Waals surface area contributed by atoms with Crippen molar-refractivity contribution in [2.45, 2.75) is 13.0 Å². The first-order chi connectivity index (χ1) is 5.11. The fourth-order valence-electron chi connectivity index (χ4n) is 0.913. The molecule has 0 bridgehead atoms. The van der Waals surface area contributed by atoms with Crippen molar-refractivity contribution in [1.29, 1.82) is 0 Å². The van der Waals surface area contributed by atoms with E-state index in [0.717, 1.165) is 15.7 Å². The first-order valence-corrected chi connectivity index (χ1v) is 4.21.